The number of hydrogen-bond acceptors (Lipinski definition) is 4. The maximum Gasteiger partial charge on any atom is 1.00 e. The van der Waals surface area contributed by atoms with Crippen LogP contribution in [0.1, 0.15) is 103 Å². The van der Waals surface area contributed by atoms with E-state index in [2.05, 4.69) is 12.2 Å². The first-order valence-corrected chi connectivity index (χ1v) is 13.0. The van der Waals surface area contributed by atoms with Crippen LogP contribution in [0.25, 0.3) is 0 Å². The topological polar surface area (TPSA) is 72.5 Å². The van der Waals surface area contributed by atoms with Gasteiger partial charge in [-0.2, -0.15) is 0 Å². The van der Waals surface area contributed by atoms with Gasteiger partial charge in [0, 0.05) is 0 Å². The van der Waals surface area contributed by atoms with Crippen LogP contribution in [0, 0.1) is 0 Å². The molecule has 0 spiro atoms. The standard InChI is InChI=1S/C23H40N2O3S.K/c1-2-3-4-5-6-7-8-9-10-11-12-13-14-15-20-23-24-21-18-16-17-19-22(21)25(23)29(26,27)28;/h16-19,23-24H,2-15,20H2,1H3,(H,26,27,28);/q;+1/p-1. The van der Waals surface area contributed by atoms with E-state index < -0.39 is 16.5 Å². The van der Waals surface area contributed by atoms with Crippen LogP contribution in [0.3, 0.4) is 0 Å². The Balaban J connectivity index is 0.00000450. The Labute approximate surface area is 227 Å². The van der Waals surface area contributed by atoms with Gasteiger partial charge in [0.1, 0.15) is 6.17 Å². The zero-order valence-corrected chi connectivity index (χ0v) is 23.0. The molecule has 1 heterocycles. The summed E-state index contributed by atoms with van der Waals surface area (Å²) in [5.41, 5.74) is 1.19. The third kappa shape index (κ3) is 10.3. The Morgan fingerprint density at radius 2 is 1.30 bits per heavy atom. The fraction of sp³-hybridized carbons (Fsp3) is 0.739. The monoisotopic (exact) mass is 462 g/mol. The third-order valence-corrected chi connectivity index (χ3v) is 6.75. The number of hydrogen-bond donors (Lipinski definition) is 1. The molecule has 0 bridgehead atoms. The molecule has 0 saturated carbocycles. The van der Waals surface area contributed by atoms with Crippen molar-refractivity contribution in [2.24, 2.45) is 0 Å². The molecular weight excluding hydrogens is 423 g/mol. The van der Waals surface area contributed by atoms with Crippen molar-refractivity contribution in [3.05, 3.63) is 24.3 Å². The molecule has 1 atom stereocenters. The fourth-order valence-corrected chi connectivity index (χ4v) is 5.06. The molecule has 0 amide bonds. The summed E-state index contributed by atoms with van der Waals surface area (Å²) < 4.78 is 36.1. The summed E-state index contributed by atoms with van der Waals surface area (Å²) in [6.07, 6.45) is 18.3. The number of anilines is 2. The number of nitrogens with zero attached hydrogens (tertiary/aromatic N) is 1. The van der Waals surface area contributed by atoms with Crippen LogP contribution in [0.4, 0.5) is 11.4 Å². The molecule has 1 aliphatic heterocycles. The Hall–Kier alpha value is 0.366. The zero-order chi connectivity index (χ0) is 21.0. The maximum atomic E-state index is 11.7. The van der Waals surface area contributed by atoms with Crippen LogP contribution in [-0.4, -0.2) is 19.1 Å². The van der Waals surface area contributed by atoms with E-state index in [1.807, 2.05) is 12.1 Å². The second-order valence-electron chi connectivity index (χ2n) is 8.32. The smallest absolute Gasteiger partial charge is 0.731 e. The van der Waals surface area contributed by atoms with Crippen molar-refractivity contribution in [1.29, 1.82) is 0 Å². The summed E-state index contributed by atoms with van der Waals surface area (Å²) in [7, 11) is -4.51. The van der Waals surface area contributed by atoms with Crippen molar-refractivity contribution in [2.45, 2.75) is 109 Å². The second-order valence-corrected chi connectivity index (χ2v) is 9.56. The van der Waals surface area contributed by atoms with Gasteiger partial charge in [0.25, 0.3) is 0 Å². The molecule has 0 radical (unpaired) electrons. The third-order valence-electron chi connectivity index (χ3n) is 5.82. The normalized spacial score (nSPS) is 15.5. The van der Waals surface area contributed by atoms with Gasteiger partial charge in [-0.05, 0) is 25.0 Å². The van der Waals surface area contributed by atoms with Gasteiger partial charge in [0.15, 0.2) is 10.3 Å². The van der Waals surface area contributed by atoms with Crippen molar-refractivity contribution >= 4 is 21.7 Å². The number of benzene rings is 1. The number of para-hydroxylation sites is 2. The van der Waals surface area contributed by atoms with Gasteiger partial charge in [-0.15, -0.1) is 0 Å². The fourth-order valence-electron chi connectivity index (χ4n) is 4.19. The Kier molecular flexibility index (Phi) is 15.2. The van der Waals surface area contributed by atoms with Gasteiger partial charge >= 0.3 is 51.4 Å². The van der Waals surface area contributed by atoms with Crippen LogP contribution in [-0.2, 0) is 10.3 Å². The van der Waals surface area contributed by atoms with Gasteiger partial charge in [-0.3, -0.25) is 4.31 Å². The van der Waals surface area contributed by atoms with Crippen LogP contribution in [0.5, 0.6) is 0 Å². The molecule has 0 aliphatic carbocycles. The van der Waals surface area contributed by atoms with Gasteiger partial charge < -0.3 is 9.87 Å². The quantitative estimate of drug-likeness (QED) is 0.232. The largest absolute Gasteiger partial charge is 1.00 e. The average Bonchev–Trinajstić information content (AvgIpc) is 3.07. The Bertz CT molecular complexity index is 685. The molecule has 0 fully saturated rings. The van der Waals surface area contributed by atoms with E-state index in [1.54, 1.807) is 12.1 Å². The van der Waals surface area contributed by atoms with Crippen LogP contribution in [0.2, 0.25) is 0 Å². The summed E-state index contributed by atoms with van der Waals surface area (Å²) >= 11 is 0. The van der Waals surface area contributed by atoms with Crippen molar-refractivity contribution in [3.8, 4) is 0 Å². The first-order valence-electron chi connectivity index (χ1n) is 11.6. The van der Waals surface area contributed by atoms with Crippen LogP contribution < -0.4 is 61.0 Å². The van der Waals surface area contributed by atoms with Gasteiger partial charge in [0.2, 0.25) is 0 Å². The molecule has 0 aromatic heterocycles. The summed E-state index contributed by atoms with van der Waals surface area (Å²) in [5.74, 6) is 0. The number of fused-ring (bicyclic) bond motifs is 1. The minimum Gasteiger partial charge on any atom is -0.731 e. The first kappa shape index (κ1) is 28.4. The Morgan fingerprint density at radius 3 is 1.80 bits per heavy atom. The average molecular weight is 463 g/mol. The van der Waals surface area contributed by atoms with E-state index in [0.29, 0.717) is 12.1 Å². The summed E-state index contributed by atoms with van der Waals surface area (Å²) in [6.45, 7) is 2.26. The molecule has 1 unspecified atom stereocenters. The van der Waals surface area contributed by atoms with E-state index in [9.17, 15) is 13.0 Å². The molecule has 7 heteroatoms. The van der Waals surface area contributed by atoms with E-state index >= 15 is 0 Å². The number of nitrogens with one attached hydrogen (secondary N) is 1. The van der Waals surface area contributed by atoms with E-state index in [4.69, 9.17) is 0 Å². The Morgan fingerprint density at radius 1 is 0.833 bits per heavy atom. The predicted molar refractivity (Wildman–Crippen MR) is 121 cm³/mol. The SMILES string of the molecule is CCCCCCCCCCCCCCCCC1Nc2ccccc2N1S(=O)(=O)[O-].[K+]. The molecule has 166 valence electrons. The van der Waals surface area contributed by atoms with E-state index in [0.717, 1.165) is 22.8 Å². The van der Waals surface area contributed by atoms with E-state index in [1.165, 1.54) is 77.0 Å². The van der Waals surface area contributed by atoms with Crippen LogP contribution in [0.15, 0.2) is 24.3 Å². The molecule has 30 heavy (non-hydrogen) atoms. The number of rotatable bonds is 16. The molecule has 1 aromatic rings. The molecule has 1 aliphatic rings. The van der Waals surface area contributed by atoms with Gasteiger partial charge in [-0.1, -0.05) is 103 Å². The van der Waals surface area contributed by atoms with Gasteiger partial charge in [-0.25, -0.2) is 8.42 Å². The number of unbranched alkanes of at least 4 members (excludes halogenated alkanes) is 13. The second kappa shape index (κ2) is 16.1. The maximum absolute atomic E-state index is 11.7. The molecule has 5 nitrogen and oxygen atoms in total. The predicted octanol–water partition coefficient (Wildman–Crippen LogP) is 3.58. The molecule has 0 saturated heterocycles. The summed E-state index contributed by atoms with van der Waals surface area (Å²) in [5, 5.41) is 3.18. The van der Waals surface area contributed by atoms with E-state index in [-0.39, 0.29) is 51.4 Å². The van der Waals surface area contributed by atoms with Crippen molar-refractivity contribution < 1.29 is 64.4 Å². The zero-order valence-electron chi connectivity index (χ0n) is 19.1. The molecular formula is C23H39KN2O3S. The molecule has 1 aromatic carbocycles. The summed E-state index contributed by atoms with van der Waals surface area (Å²) in [4.78, 5) is 0. The minimum absolute atomic E-state index is 0. The molecule has 1 N–H and O–H groups in total. The van der Waals surface area contributed by atoms with Gasteiger partial charge in [0.05, 0.1) is 11.4 Å². The first-order chi connectivity index (χ1) is 14.0. The van der Waals surface area contributed by atoms with Crippen molar-refractivity contribution in [2.75, 3.05) is 9.62 Å². The van der Waals surface area contributed by atoms with Crippen LogP contribution >= 0.6 is 0 Å². The molecule has 2 rings (SSSR count). The summed E-state index contributed by atoms with van der Waals surface area (Å²) in [6, 6.07) is 7.10. The minimum atomic E-state index is -4.51. The van der Waals surface area contributed by atoms with Crippen molar-refractivity contribution in [3.63, 3.8) is 0 Å². The van der Waals surface area contributed by atoms with Crippen molar-refractivity contribution in [1.82, 2.24) is 0 Å².